The summed E-state index contributed by atoms with van der Waals surface area (Å²) in [6.45, 7) is 4.58. The normalized spacial score (nSPS) is 23.5. The van der Waals surface area contributed by atoms with E-state index in [1.165, 1.54) is 19.3 Å². The zero-order valence-corrected chi connectivity index (χ0v) is 13.7. The summed E-state index contributed by atoms with van der Waals surface area (Å²) in [6, 6.07) is 7.80. The molecular formula is C18H24BNO3. The van der Waals surface area contributed by atoms with E-state index in [-0.39, 0.29) is 12.1 Å². The third-order valence-electron chi connectivity index (χ3n) is 5.28. The second-order valence-corrected chi connectivity index (χ2v) is 7.02. The van der Waals surface area contributed by atoms with E-state index < -0.39 is 6.92 Å². The maximum atomic E-state index is 12.4. The summed E-state index contributed by atoms with van der Waals surface area (Å²) in [6.07, 6.45) is 4.23. The van der Waals surface area contributed by atoms with Crippen LogP contribution < -0.4 is 5.46 Å². The molecule has 1 aliphatic heterocycles. The van der Waals surface area contributed by atoms with E-state index in [0.29, 0.717) is 13.0 Å². The van der Waals surface area contributed by atoms with Crippen LogP contribution in [-0.2, 0) is 14.2 Å². The predicted octanol–water partition coefficient (Wildman–Crippen LogP) is 1.67. The smallest absolute Gasteiger partial charge is 0.402 e. The van der Waals surface area contributed by atoms with Gasteiger partial charge in [0.1, 0.15) is 5.78 Å². The van der Waals surface area contributed by atoms with E-state index >= 15 is 0 Å². The molecule has 5 heteroatoms. The van der Waals surface area contributed by atoms with Crippen LogP contribution in [0.3, 0.4) is 0 Å². The van der Waals surface area contributed by atoms with Gasteiger partial charge in [-0.25, -0.2) is 0 Å². The topological polar surface area (TPSA) is 46.6 Å². The van der Waals surface area contributed by atoms with Gasteiger partial charge in [0.2, 0.25) is 0 Å². The summed E-state index contributed by atoms with van der Waals surface area (Å²) in [4.78, 5) is 25.5. The van der Waals surface area contributed by atoms with E-state index in [1.54, 1.807) is 0 Å². The Balaban J connectivity index is 1.56. The lowest BCUT2D eigenvalue weighted by atomic mass is 9.57. The predicted molar refractivity (Wildman–Crippen MR) is 90.8 cm³/mol. The zero-order chi connectivity index (χ0) is 16.2. The lowest BCUT2D eigenvalue weighted by Gasteiger charge is -2.17. The van der Waals surface area contributed by atoms with Crippen LogP contribution in [0.15, 0.2) is 24.3 Å². The molecular weight excluding hydrogens is 289 g/mol. The second-order valence-electron chi connectivity index (χ2n) is 7.02. The fraction of sp³-hybridized carbons (Fsp3) is 0.556. The molecule has 122 valence electrons. The number of hydrogen-bond acceptors (Lipinski definition) is 4. The number of benzene rings is 1. The average molecular weight is 313 g/mol. The molecule has 2 unspecified atom stereocenters. The minimum atomic E-state index is -0.470. The molecule has 0 amide bonds. The fourth-order valence-corrected chi connectivity index (χ4v) is 4.07. The van der Waals surface area contributed by atoms with Crippen molar-refractivity contribution in [1.29, 1.82) is 0 Å². The fourth-order valence-electron chi connectivity index (χ4n) is 4.07. The molecule has 3 rings (SSSR count). The molecule has 0 bridgehead atoms. The van der Waals surface area contributed by atoms with Crippen LogP contribution in [0.5, 0.6) is 0 Å². The van der Waals surface area contributed by atoms with Crippen LogP contribution in [0.25, 0.3) is 0 Å². The molecule has 4 nitrogen and oxygen atoms in total. The quantitative estimate of drug-likeness (QED) is 0.567. The maximum absolute atomic E-state index is 12.4. The first-order valence-corrected chi connectivity index (χ1v) is 8.55. The summed E-state index contributed by atoms with van der Waals surface area (Å²) >= 11 is 0. The minimum Gasteiger partial charge on any atom is -0.533 e. The highest BCUT2D eigenvalue weighted by Gasteiger charge is 2.37. The van der Waals surface area contributed by atoms with Crippen molar-refractivity contribution in [2.24, 2.45) is 11.8 Å². The summed E-state index contributed by atoms with van der Waals surface area (Å²) in [5.41, 5.74) is 2.03. The summed E-state index contributed by atoms with van der Waals surface area (Å²) in [7, 11) is 0. The monoisotopic (exact) mass is 313 g/mol. The third kappa shape index (κ3) is 4.02. The van der Waals surface area contributed by atoms with E-state index in [9.17, 15) is 9.59 Å². The molecule has 2 atom stereocenters. The molecule has 1 heterocycles. The van der Waals surface area contributed by atoms with Crippen molar-refractivity contribution in [1.82, 2.24) is 4.90 Å². The Morgan fingerprint density at radius 3 is 2.52 bits per heavy atom. The summed E-state index contributed by atoms with van der Waals surface area (Å²) in [5.74, 6) is 1.74. The van der Waals surface area contributed by atoms with Gasteiger partial charge in [-0.3, -0.25) is 14.5 Å². The van der Waals surface area contributed by atoms with Crippen LogP contribution >= 0.6 is 0 Å². The number of ketones is 1. The van der Waals surface area contributed by atoms with Crippen molar-refractivity contribution in [3.05, 3.63) is 29.8 Å². The van der Waals surface area contributed by atoms with Gasteiger partial charge in [0.05, 0.1) is 6.54 Å². The van der Waals surface area contributed by atoms with Crippen LogP contribution in [0.1, 0.15) is 24.8 Å². The highest BCUT2D eigenvalue weighted by molar-refractivity contribution is 6.71. The Hall–Kier alpha value is -1.62. The van der Waals surface area contributed by atoms with Gasteiger partial charge in [0.15, 0.2) is 0 Å². The van der Waals surface area contributed by atoms with Gasteiger partial charge < -0.3 is 4.65 Å². The molecule has 1 aromatic carbocycles. The van der Waals surface area contributed by atoms with Crippen LogP contribution in [0.2, 0.25) is 6.32 Å². The van der Waals surface area contributed by atoms with Gasteiger partial charge in [0, 0.05) is 19.4 Å². The van der Waals surface area contributed by atoms with E-state index in [1.807, 2.05) is 31.2 Å². The number of rotatable bonds is 7. The van der Waals surface area contributed by atoms with Crippen molar-refractivity contribution < 1.29 is 14.2 Å². The lowest BCUT2D eigenvalue weighted by molar-refractivity contribution is -0.121. The molecule has 23 heavy (non-hydrogen) atoms. The number of hydrogen-bond donors (Lipinski definition) is 0. The zero-order valence-electron chi connectivity index (χ0n) is 13.7. The highest BCUT2D eigenvalue weighted by Crippen LogP contribution is 2.37. The molecule has 1 saturated carbocycles. The number of likely N-dealkylation sites (tertiary alicyclic amines) is 1. The van der Waals surface area contributed by atoms with Gasteiger partial charge in [-0.1, -0.05) is 36.2 Å². The Bertz CT molecular complexity index is 548. The van der Waals surface area contributed by atoms with Crippen LogP contribution in [-0.4, -0.2) is 43.7 Å². The highest BCUT2D eigenvalue weighted by atomic mass is 16.5. The van der Waals surface area contributed by atoms with Gasteiger partial charge in [0.25, 0.3) is 6.47 Å². The van der Waals surface area contributed by atoms with E-state index in [0.717, 1.165) is 36.0 Å². The first-order chi connectivity index (χ1) is 11.2. The average Bonchev–Trinajstić information content (AvgIpc) is 3.08. The van der Waals surface area contributed by atoms with Gasteiger partial charge in [-0.2, -0.15) is 0 Å². The molecule has 0 aromatic heterocycles. The standard InChI is InChI=1S/C18H24BNO3/c1-14-5-7-17(8-6-14)19(23-13-21)9-18(22)12-20-10-15-3-2-4-16(15)11-20/h5-8,13,15-16H,2-4,9-12H2,1H3. The molecule has 0 spiro atoms. The van der Waals surface area contributed by atoms with Crippen molar-refractivity contribution in [2.75, 3.05) is 19.6 Å². The number of carbonyl (C=O) groups excluding carboxylic acids is 2. The van der Waals surface area contributed by atoms with E-state index in [2.05, 4.69) is 4.90 Å². The first kappa shape index (κ1) is 16.3. The largest absolute Gasteiger partial charge is 0.533 e. The number of nitrogens with zero attached hydrogens (tertiary/aromatic N) is 1. The SMILES string of the molecule is Cc1ccc(B(CC(=O)CN2CC3CCCC3C2)OC=O)cc1. The Morgan fingerprint density at radius 2 is 1.91 bits per heavy atom. The molecule has 1 saturated heterocycles. The van der Waals surface area contributed by atoms with Crippen molar-refractivity contribution in [3.8, 4) is 0 Å². The molecule has 1 aromatic rings. The summed E-state index contributed by atoms with van der Waals surface area (Å²) in [5, 5.41) is 0. The molecule has 0 radical (unpaired) electrons. The van der Waals surface area contributed by atoms with Crippen LogP contribution in [0, 0.1) is 18.8 Å². The Kier molecular flexibility index (Phi) is 5.16. The second kappa shape index (κ2) is 7.30. The third-order valence-corrected chi connectivity index (χ3v) is 5.28. The Morgan fingerprint density at radius 1 is 1.26 bits per heavy atom. The van der Waals surface area contributed by atoms with Gasteiger partial charge in [-0.15, -0.1) is 0 Å². The number of Topliss-reactive ketones (excluding diaryl/α,β-unsaturated/α-hetero) is 1. The maximum Gasteiger partial charge on any atom is 0.402 e. The van der Waals surface area contributed by atoms with Crippen LogP contribution in [0.4, 0.5) is 0 Å². The van der Waals surface area contributed by atoms with E-state index in [4.69, 9.17) is 4.65 Å². The lowest BCUT2D eigenvalue weighted by Crippen LogP contribution is -2.38. The van der Waals surface area contributed by atoms with Gasteiger partial charge in [-0.05, 0) is 37.1 Å². The summed E-state index contributed by atoms with van der Waals surface area (Å²) < 4.78 is 5.16. The molecule has 2 aliphatic rings. The molecule has 0 N–H and O–H groups in total. The van der Waals surface area contributed by atoms with Crippen molar-refractivity contribution in [2.45, 2.75) is 32.5 Å². The number of carbonyl (C=O) groups is 2. The Labute approximate surface area is 138 Å². The van der Waals surface area contributed by atoms with Crippen molar-refractivity contribution in [3.63, 3.8) is 0 Å². The number of fused-ring (bicyclic) bond motifs is 1. The molecule has 2 fully saturated rings. The van der Waals surface area contributed by atoms with Crippen molar-refractivity contribution >= 4 is 24.6 Å². The first-order valence-electron chi connectivity index (χ1n) is 8.55. The minimum absolute atomic E-state index is 0.150. The number of aryl methyl sites for hydroxylation is 1. The van der Waals surface area contributed by atoms with Gasteiger partial charge >= 0.3 is 6.92 Å². The molecule has 1 aliphatic carbocycles.